The van der Waals surface area contributed by atoms with E-state index in [1.807, 2.05) is 6.07 Å². The number of hydrogen-bond donors (Lipinski definition) is 1. The molecule has 2 aromatic rings. The summed E-state index contributed by atoms with van der Waals surface area (Å²) in [6.07, 6.45) is 2.60. The van der Waals surface area contributed by atoms with Crippen LogP contribution < -0.4 is 10.1 Å². The molecule has 1 amide bonds. The predicted molar refractivity (Wildman–Crippen MR) is 72.7 cm³/mol. The molecule has 0 radical (unpaired) electrons. The second-order valence-electron chi connectivity index (χ2n) is 3.68. The fraction of sp³-hybridized carbons (Fsp3) is 0.0769. The molecule has 1 N–H and O–H groups in total. The summed E-state index contributed by atoms with van der Waals surface area (Å²) < 4.78 is 5.12. The van der Waals surface area contributed by atoms with Gasteiger partial charge in [0.25, 0.3) is 5.91 Å². The van der Waals surface area contributed by atoms with Crippen molar-refractivity contribution in [1.82, 2.24) is 9.97 Å². The van der Waals surface area contributed by atoms with Gasteiger partial charge in [-0.25, -0.2) is 4.98 Å². The first kappa shape index (κ1) is 13.8. The molecular formula is C13H9ClN4O2. The summed E-state index contributed by atoms with van der Waals surface area (Å²) >= 11 is 5.68. The minimum atomic E-state index is -0.527. The molecule has 1 aromatic heterocycles. The van der Waals surface area contributed by atoms with E-state index in [0.717, 1.165) is 0 Å². The molecule has 0 aliphatic carbocycles. The number of carbonyl (C=O) groups excluding carboxylic acids is 1. The Bertz CT molecular complexity index is 697. The number of amides is 1. The molecule has 2 rings (SSSR count). The Morgan fingerprint density at radius 2 is 2.25 bits per heavy atom. The molecule has 7 heteroatoms. The van der Waals surface area contributed by atoms with Crippen LogP contribution >= 0.6 is 11.6 Å². The van der Waals surface area contributed by atoms with Crippen molar-refractivity contribution in [2.24, 2.45) is 0 Å². The molecule has 1 aromatic carbocycles. The van der Waals surface area contributed by atoms with Crippen LogP contribution in [0.25, 0.3) is 0 Å². The number of anilines is 1. The lowest BCUT2D eigenvalue weighted by Gasteiger charge is -2.11. The molecule has 0 aliphatic heterocycles. The van der Waals surface area contributed by atoms with Crippen molar-refractivity contribution < 1.29 is 9.53 Å². The minimum absolute atomic E-state index is 0.0484. The number of nitrogens with one attached hydrogen (secondary N) is 1. The van der Waals surface area contributed by atoms with Gasteiger partial charge in [-0.1, -0.05) is 17.7 Å². The average molecular weight is 289 g/mol. The normalized spacial score (nSPS) is 9.65. The van der Waals surface area contributed by atoms with Crippen LogP contribution in [0.15, 0.2) is 30.6 Å². The Labute approximate surface area is 120 Å². The smallest absolute Gasteiger partial charge is 0.276 e. The molecule has 0 bridgehead atoms. The Morgan fingerprint density at radius 1 is 1.45 bits per heavy atom. The largest absolute Gasteiger partial charge is 0.495 e. The lowest BCUT2D eigenvalue weighted by molar-refractivity contribution is 0.102. The summed E-state index contributed by atoms with van der Waals surface area (Å²) in [7, 11) is 1.45. The molecule has 20 heavy (non-hydrogen) atoms. The topological polar surface area (TPSA) is 87.9 Å². The van der Waals surface area contributed by atoms with Crippen LogP contribution in [0.2, 0.25) is 5.15 Å². The number of benzene rings is 1. The lowest BCUT2D eigenvalue weighted by Crippen LogP contribution is -2.15. The van der Waals surface area contributed by atoms with Gasteiger partial charge in [0.15, 0.2) is 0 Å². The average Bonchev–Trinajstić information content (AvgIpc) is 2.47. The first-order valence-corrected chi connectivity index (χ1v) is 5.89. The van der Waals surface area contributed by atoms with Crippen molar-refractivity contribution in [3.63, 3.8) is 0 Å². The van der Waals surface area contributed by atoms with Gasteiger partial charge in [-0.3, -0.25) is 9.78 Å². The van der Waals surface area contributed by atoms with Crippen LogP contribution in [0.1, 0.15) is 16.1 Å². The summed E-state index contributed by atoms with van der Waals surface area (Å²) in [5.74, 6) is -0.145. The zero-order valence-electron chi connectivity index (χ0n) is 10.4. The molecule has 0 atom stereocenters. The summed E-state index contributed by atoms with van der Waals surface area (Å²) in [4.78, 5) is 19.7. The van der Waals surface area contributed by atoms with Gasteiger partial charge >= 0.3 is 0 Å². The van der Waals surface area contributed by atoms with Gasteiger partial charge in [0.2, 0.25) is 0 Å². The van der Waals surface area contributed by atoms with Crippen LogP contribution in [-0.4, -0.2) is 23.0 Å². The molecule has 6 nitrogen and oxygen atoms in total. The Morgan fingerprint density at radius 3 is 2.90 bits per heavy atom. The van der Waals surface area contributed by atoms with Gasteiger partial charge < -0.3 is 10.1 Å². The van der Waals surface area contributed by atoms with Gasteiger partial charge in [-0.2, -0.15) is 5.26 Å². The SMILES string of the molecule is COc1cccc(C#N)c1NC(=O)c1cncc(Cl)n1. The highest BCUT2D eigenvalue weighted by Gasteiger charge is 2.15. The quantitative estimate of drug-likeness (QED) is 0.936. The molecule has 0 saturated carbocycles. The van der Waals surface area contributed by atoms with Crippen LogP contribution in [-0.2, 0) is 0 Å². The zero-order chi connectivity index (χ0) is 14.5. The number of aromatic nitrogens is 2. The Balaban J connectivity index is 2.35. The standard InChI is InChI=1S/C13H9ClN4O2/c1-20-10-4-2-3-8(5-15)12(10)18-13(19)9-6-16-7-11(14)17-9/h2-4,6-7H,1H3,(H,18,19). The number of ether oxygens (including phenoxy) is 1. The maximum atomic E-state index is 12.1. The highest BCUT2D eigenvalue weighted by molar-refractivity contribution is 6.29. The summed E-state index contributed by atoms with van der Waals surface area (Å²) in [6.45, 7) is 0. The van der Waals surface area contributed by atoms with E-state index in [2.05, 4.69) is 15.3 Å². The van der Waals surface area contributed by atoms with Crippen molar-refractivity contribution in [2.75, 3.05) is 12.4 Å². The number of halogens is 1. The molecule has 0 unspecified atom stereocenters. The van der Waals surface area contributed by atoms with E-state index in [9.17, 15) is 4.79 Å². The molecule has 0 fully saturated rings. The molecule has 0 spiro atoms. The third kappa shape index (κ3) is 2.84. The van der Waals surface area contributed by atoms with Crippen molar-refractivity contribution in [1.29, 1.82) is 5.26 Å². The number of para-hydroxylation sites is 1. The second kappa shape index (κ2) is 5.99. The highest BCUT2D eigenvalue weighted by atomic mass is 35.5. The highest BCUT2D eigenvalue weighted by Crippen LogP contribution is 2.28. The Kier molecular flexibility index (Phi) is 4.13. The van der Waals surface area contributed by atoms with Gasteiger partial charge in [0, 0.05) is 0 Å². The van der Waals surface area contributed by atoms with E-state index in [-0.39, 0.29) is 22.1 Å². The van der Waals surface area contributed by atoms with Crippen LogP contribution in [0.4, 0.5) is 5.69 Å². The number of hydrogen-bond acceptors (Lipinski definition) is 5. The van der Waals surface area contributed by atoms with Crippen molar-refractivity contribution >= 4 is 23.2 Å². The molecule has 1 heterocycles. The number of rotatable bonds is 3. The summed E-state index contributed by atoms with van der Waals surface area (Å²) in [5.41, 5.74) is 0.615. The fourth-order valence-electron chi connectivity index (χ4n) is 1.55. The number of carbonyl (C=O) groups is 1. The predicted octanol–water partition coefficient (Wildman–Crippen LogP) is 2.26. The van der Waals surface area contributed by atoms with Crippen molar-refractivity contribution in [3.05, 3.63) is 47.0 Å². The fourth-order valence-corrected chi connectivity index (χ4v) is 1.70. The number of nitrogens with zero attached hydrogens (tertiary/aromatic N) is 3. The van der Waals surface area contributed by atoms with Crippen LogP contribution in [0, 0.1) is 11.3 Å². The van der Waals surface area contributed by atoms with Gasteiger partial charge in [-0.05, 0) is 12.1 Å². The van der Waals surface area contributed by atoms with Gasteiger partial charge in [-0.15, -0.1) is 0 Å². The molecule has 0 saturated heterocycles. The maximum absolute atomic E-state index is 12.1. The molecular weight excluding hydrogens is 280 g/mol. The maximum Gasteiger partial charge on any atom is 0.276 e. The summed E-state index contributed by atoms with van der Waals surface area (Å²) in [6, 6.07) is 6.85. The van der Waals surface area contributed by atoms with Gasteiger partial charge in [0.1, 0.15) is 28.4 Å². The zero-order valence-corrected chi connectivity index (χ0v) is 11.2. The molecule has 100 valence electrons. The minimum Gasteiger partial charge on any atom is -0.495 e. The molecule has 0 aliphatic rings. The van der Waals surface area contributed by atoms with Crippen molar-refractivity contribution in [2.45, 2.75) is 0 Å². The monoisotopic (exact) mass is 288 g/mol. The van der Waals surface area contributed by atoms with E-state index in [1.165, 1.54) is 19.5 Å². The van der Waals surface area contributed by atoms with Gasteiger partial charge in [0.05, 0.1) is 25.1 Å². The first-order chi connectivity index (χ1) is 9.65. The number of methoxy groups -OCH3 is 1. The van der Waals surface area contributed by atoms with E-state index in [0.29, 0.717) is 5.75 Å². The summed E-state index contributed by atoms with van der Waals surface area (Å²) in [5, 5.41) is 11.7. The van der Waals surface area contributed by atoms with E-state index in [1.54, 1.807) is 18.2 Å². The lowest BCUT2D eigenvalue weighted by atomic mass is 10.1. The van der Waals surface area contributed by atoms with E-state index >= 15 is 0 Å². The van der Waals surface area contributed by atoms with Crippen molar-refractivity contribution in [3.8, 4) is 11.8 Å². The van der Waals surface area contributed by atoms with Crippen LogP contribution in [0.5, 0.6) is 5.75 Å². The van der Waals surface area contributed by atoms with Crippen LogP contribution in [0.3, 0.4) is 0 Å². The van der Waals surface area contributed by atoms with E-state index in [4.69, 9.17) is 21.6 Å². The second-order valence-corrected chi connectivity index (χ2v) is 4.06. The number of nitriles is 1. The third-order valence-electron chi connectivity index (χ3n) is 2.44. The Hall–Kier alpha value is -2.65. The van der Waals surface area contributed by atoms with E-state index < -0.39 is 5.91 Å². The first-order valence-electron chi connectivity index (χ1n) is 5.51. The third-order valence-corrected chi connectivity index (χ3v) is 2.63.